The summed E-state index contributed by atoms with van der Waals surface area (Å²) in [5, 5.41) is 12.1. The Morgan fingerprint density at radius 2 is 2.14 bits per heavy atom. The van der Waals surface area contributed by atoms with E-state index in [1.165, 1.54) is 4.90 Å². The van der Waals surface area contributed by atoms with Crippen molar-refractivity contribution >= 4 is 17.8 Å². The summed E-state index contributed by atoms with van der Waals surface area (Å²) in [6.45, 7) is 1.49. The fourth-order valence-corrected chi connectivity index (χ4v) is 3.15. The lowest BCUT2D eigenvalue weighted by molar-refractivity contribution is 0.131. The summed E-state index contributed by atoms with van der Waals surface area (Å²) < 4.78 is 0. The molecular weight excluding hydrogens is 284 g/mol. The van der Waals surface area contributed by atoms with E-state index < -0.39 is 0 Å². The maximum absolute atomic E-state index is 12.3. The second-order valence-electron chi connectivity index (χ2n) is 5.36. The van der Waals surface area contributed by atoms with Gasteiger partial charge in [-0.25, -0.2) is 4.79 Å². The Bertz CT molecular complexity index is 448. The number of benzene rings is 1. The first-order valence-electron chi connectivity index (χ1n) is 7.53. The lowest BCUT2D eigenvalue weighted by Crippen LogP contribution is -2.48. The van der Waals surface area contributed by atoms with E-state index >= 15 is 0 Å². The quantitative estimate of drug-likeness (QED) is 0.822. The van der Waals surface area contributed by atoms with Gasteiger partial charge in [-0.3, -0.25) is 0 Å². The second kappa shape index (κ2) is 8.29. The van der Waals surface area contributed by atoms with Crippen molar-refractivity contribution in [1.82, 2.24) is 10.2 Å². The van der Waals surface area contributed by atoms with Crippen molar-refractivity contribution in [2.45, 2.75) is 43.2 Å². The van der Waals surface area contributed by atoms with Crippen molar-refractivity contribution in [2.24, 2.45) is 0 Å². The number of hydrogen-bond acceptors (Lipinski definition) is 3. The number of carbonyl (C=O) groups excluding carboxylic acids is 1. The van der Waals surface area contributed by atoms with Crippen molar-refractivity contribution < 1.29 is 9.90 Å². The highest BCUT2D eigenvalue weighted by atomic mass is 32.2. The molecule has 2 rings (SSSR count). The average Bonchev–Trinajstić information content (AvgIpc) is 2.54. The number of urea groups is 1. The number of piperidine rings is 1. The summed E-state index contributed by atoms with van der Waals surface area (Å²) in [4.78, 5) is 15.4. The third-order valence-corrected chi connectivity index (χ3v) is 4.70. The fraction of sp³-hybridized carbons (Fsp3) is 0.562. The fourth-order valence-electron chi connectivity index (χ4n) is 2.74. The van der Waals surface area contributed by atoms with Crippen LogP contribution in [0.5, 0.6) is 0 Å². The maximum Gasteiger partial charge on any atom is 0.317 e. The summed E-state index contributed by atoms with van der Waals surface area (Å²) in [5.41, 5.74) is 1.11. The molecule has 0 spiro atoms. The van der Waals surface area contributed by atoms with Gasteiger partial charge in [0.2, 0.25) is 0 Å². The Kier molecular flexibility index (Phi) is 6.39. The van der Waals surface area contributed by atoms with Crippen LogP contribution in [0, 0.1) is 0 Å². The number of aliphatic hydroxyl groups excluding tert-OH is 1. The molecule has 0 radical (unpaired) electrons. The average molecular weight is 308 g/mol. The standard InChI is InChI=1S/C16H24N2O2S/c1-21-15-7-5-13(6-8-15)12-17-16(20)18-10-3-2-4-14(18)9-11-19/h5-8,14,19H,2-4,9-12H2,1H3,(H,17,20). The molecule has 1 saturated heterocycles. The summed E-state index contributed by atoms with van der Waals surface area (Å²) in [7, 11) is 0. The third-order valence-electron chi connectivity index (χ3n) is 3.95. The van der Waals surface area contributed by atoms with Gasteiger partial charge in [-0.2, -0.15) is 0 Å². The molecule has 1 unspecified atom stereocenters. The number of nitrogens with zero attached hydrogens (tertiary/aromatic N) is 1. The second-order valence-corrected chi connectivity index (χ2v) is 6.24. The lowest BCUT2D eigenvalue weighted by Gasteiger charge is -2.35. The molecule has 0 aromatic heterocycles. The number of likely N-dealkylation sites (tertiary alicyclic amines) is 1. The Morgan fingerprint density at radius 3 is 2.81 bits per heavy atom. The van der Waals surface area contributed by atoms with E-state index in [2.05, 4.69) is 23.7 Å². The number of hydrogen-bond donors (Lipinski definition) is 2. The summed E-state index contributed by atoms with van der Waals surface area (Å²) in [5.74, 6) is 0. The summed E-state index contributed by atoms with van der Waals surface area (Å²) in [6, 6.07) is 8.41. The molecule has 1 heterocycles. The Hall–Kier alpha value is -1.20. The van der Waals surface area contributed by atoms with Crippen molar-refractivity contribution in [2.75, 3.05) is 19.4 Å². The van der Waals surface area contributed by atoms with Crippen molar-refractivity contribution in [3.8, 4) is 0 Å². The molecule has 21 heavy (non-hydrogen) atoms. The molecule has 0 bridgehead atoms. The lowest BCUT2D eigenvalue weighted by atomic mass is 10.0. The van der Waals surface area contributed by atoms with Crippen LogP contribution in [0.1, 0.15) is 31.2 Å². The van der Waals surface area contributed by atoms with E-state index in [1.807, 2.05) is 17.0 Å². The van der Waals surface area contributed by atoms with Gasteiger partial charge in [0.05, 0.1) is 0 Å². The maximum atomic E-state index is 12.3. The van der Waals surface area contributed by atoms with Crippen LogP contribution in [0.2, 0.25) is 0 Å². The van der Waals surface area contributed by atoms with Gasteiger partial charge in [0.1, 0.15) is 0 Å². The first kappa shape index (κ1) is 16.2. The highest BCUT2D eigenvalue weighted by Crippen LogP contribution is 2.19. The van der Waals surface area contributed by atoms with E-state index in [0.717, 1.165) is 31.4 Å². The first-order valence-corrected chi connectivity index (χ1v) is 8.75. The largest absolute Gasteiger partial charge is 0.396 e. The molecule has 2 amide bonds. The highest BCUT2D eigenvalue weighted by molar-refractivity contribution is 7.98. The molecule has 0 saturated carbocycles. The topological polar surface area (TPSA) is 52.6 Å². The number of amides is 2. The van der Waals surface area contributed by atoms with E-state index in [1.54, 1.807) is 11.8 Å². The Morgan fingerprint density at radius 1 is 1.38 bits per heavy atom. The molecule has 5 heteroatoms. The minimum Gasteiger partial charge on any atom is -0.396 e. The number of aliphatic hydroxyl groups is 1. The third kappa shape index (κ3) is 4.64. The Labute approximate surface area is 130 Å². The van der Waals surface area contributed by atoms with E-state index in [4.69, 9.17) is 5.11 Å². The number of thioether (sulfide) groups is 1. The van der Waals surface area contributed by atoms with Crippen LogP contribution in [0.15, 0.2) is 29.2 Å². The van der Waals surface area contributed by atoms with Gasteiger partial charge >= 0.3 is 6.03 Å². The molecule has 1 aliphatic heterocycles. The van der Waals surface area contributed by atoms with Crippen molar-refractivity contribution in [3.63, 3.8) is 0 Å². The molecule has 116 valence electrons. The molecular formula is C16H24N2O2S. The predicted molar refractivity (Wildman–Crippen MR) is 86.5 cm³/mol. The number of rotatable bonds is 5. The van der Waals surface area contributed by atoms with Crippen LogP contribution in [0.4, 0.5) is 4.79 Å². The van der Waals surface area contributed by atoms with Gasteiger partial charge in [0.25, 0.3) is 0 Å². The number of nitrogens with one attached hydrogen (secondary N) is 1. The molecule has 1 aromatic carbocycles. The van der Waals surface area contributed by atoms with Crippen LogP contribution < -0.4 is 5.32 Å². The van der Waals surface area contributed by atoms with E-state index in [9.17, 15) is 4.79 Å². The summed E-state index contributed by atoms with van der Waals surface area (Å²) in [6.07, 6.45) is 5.92. The highest BCUT2D eigenvalue weighted by Gasteiger charge is 2.25. The van der Waals surface area contributed by atoms with Crippen LogP contribution >= 0.6 is 11.8 Å². The molecule has 4 nitrogen and oxygen atoms in total. The van der Waals surface area contributed by atoms with Crippen LogP contribution in [-0.2, 0) is 6.54 Å². The number of carbonyl (C=O) groups is 1. The molecule has 2 N–H and O–H groups in total. The molecule has 1 aliphatic rings. The van der Waals surface area contributed by atoms with Gasteiger partial charge in [-0.1, -0.05) is 12.1 Å². The zero-order valence-electron chi connectivity index (χ0n) is 12.5. The van der Waals surface area contributed by atoms with Gasteiger partial charge in [0.15, 0.2) is 0 Å². The first-order chi connectivity index (χ1) is 10.2. The van der Waals surface area contributed by atoms with Crippen LogP contribution in [-0.4, -0.2) is 41.5 Å². The smallest absolute Gasteiger partial charge is 0.317 e. The van der Waals surface area contributed by atoms with Gasteiger partial charge in [-0.15, -0.1) is 11.8 Å². The van der Waals surface area contributed by atoms with Gasteiger partial charge < -0.3 is 15.3 Å². The predicted octanol–water partition coefficient (Wildman–Crippen LogP) is 2.86. The molecule has 1 aromatic rings. The molecule has 1 atom stereocenters. The normalized spacial score (nSPS) is 18.6. The van der Waals surface area contributed by atoms with Crippen LogP contribution in [0.3, 0.4) is 0 Å². The molecule has 0 aliphatic carbocycles. The van der Waals surface area contributed by atoms with Gasteiger partial charge in [-0.05, 0) is 49.6 Å². The zero-order valence-corrected chi connectivity index (χ0v) is 13.4. The van der Waals surface area contributed by atoms with Crippen molar-refractivity contribution in [1.29, 1.82) is 0 Å². The van der Waals surface area contributed by atoms with Crippen molar-refractivity contribution in [3.05, 3.63) is 29.8 Å². The monoisotopic (exact) mass is 308 g/mol. The molecule has 1 fully saturated rings. The minimum absolute atomic E-state index is 0.0120. The van der Waals surface area contributed by atoms with Crippen LogP contribution in [0.25, 0.3) is 0 Å². The zero-order chi connectivity index (χ0) is 15.1. The Balaban J connectivity index is 1.87. The van der Waals surface area contributed by atoms with E-state index in [-0.39, 0.29) is 18.7 Å². The SMILES string of the molecule is CSc1ccc(CNC(=O)N2CCCCC2CCO)cc1. The minimum atomic E-state index is -0.0120. The van der Waals surface area contributed by atoms with Gasteiger partial charge in [0, 0.05) is 30.6 Å². The van der Waals surface area contributed by atoms with E-state index in [0.29, 0.717) is 13.0 Å². The summed E-state index contributed by atoms with van der Waals surface area (Å²) >= 11 is 1.71.